The van der Waals surface area contributed by atoms with Crippen molar-refractivity contribution in [3.8, 4) is 0 Å². The molecule has 3 aliphatic rings. The van der Waals surface area contributed by atoms with E-state index in [0.29, 0.717) is 32.6 Å². The summed E-state index contributed by atoms with van der Waals surface area (Å²) in [5.41, 5.74) is -0.919. The van der Waals surface area contributed by atoms with Crippen LogP contribution in [0.1, 0.15) is 25.7 Å². The zero-order valence-corrected chi connectivity index (χ0v) is 15.7. The summed E-state index contributed by atoms with van der Waals surface area (Å²) in [5.74, 6) is -3.87. The van der Waals surface area contributed by atoms with Crippen LogP contribution in [0.15, 0.2) is 18.6 Å². The van der Waals surface area contributed by atoms with Crippen molar-refractivity contribution >= 4 is 11.8 Å². The van der Waals surface area contributed by atoms with Gasteiger partial charge in [-0.05, 0) is 25.2 Å². The van der Waals surface area contributed by atoms with Gasteiger partial charge in [0.15, 0.2) is 0 Å². The third kappa shape index (κ3) is 5.12. The first-order valence-corrected chi connectivity index (χ1v) is 9.44. The van der Waals surface area contributed by atoms with Crippen LogP contribution in [-0.2, 0) is 4.79 Å². The van der Waals surface area contributed by atoms with Crippen LogP contribution in [0.3, 0.4) is 0 Å². The van der Waals surface area contributed by atoms with E-state index in [0.717, 1.165) is 18.3 Å². The van der Waals surface area contributed by atoms with Crippen LogP contribution in [0.5, 0.6) is 0 Å². The molecule has 0 radical (unpaired) electrons. The number of carboxylic acids is 1. The van der Waals surface area contributed by atoms with Crippen molar-refractivity contribution in [1.29, 1.82) is 0 Å². The SMILES string of the molecule is FC1(F)CCN(CC2CC2)CC12CCN(c1cnccn1)C2.O=C(O)C(F)(F)F. The molecule has 1 N–H and O–H groups in total. The number of hydrogen-bond donors (Lipinski definition) is 1. The van der Waals surface area contributed by atoms with Crippen molar-refractivity contribution < 1.29 is 31.9 Å². The topological polar surface area (TPSA) is 69.6 Å². The molecule has 0 aromatic carbocycles. The van der Waals surface area contributed by atoms with Gasteiger partial charge in [-0.1, -0.05) is 0 Å². The van der Waals surface area contributed by atoms with Crippen molar-refractivity contribution in [1.82, 2.24) is 14.9 Å². The second kappa shape index (κ2) is 8.00. The third-order valence-corrected chi connectivity index (χ3v) is 5.73. The fourth-order valence-electron chi connectivity index (χ4n) is 3.96. The number of aromatic nitrogens is 2. The van der Waals surface area contributed by atoms with E-state index in [4.69, 9.17) is 9.90 Å². The summed E-state index contributed by atoms with van der Waals surface area (Å²) >= 11 is 0. The molecule has 1 aromatic heterocycles. The summed E-state index contributed by atoms with van der Waals surface area (Å²) in [7, 11) is 0. The molecule has 1 spiro atoms. The summed E-state index contributed by atoms with van der Waals surface area (Å²) in [6.07, 6.45) is 2.89. The van der Waals surface area contributed by atoms with E-state index in [9.17, 15) is 22.0 Å². The Morgan fingerprint density at radius 2 is 1.86 bits per heavy atom. The Morgan fingerprint density at radius 3 is 2.41 bits per heavy atom. The predicted octanol–water partition coefficient (Wildman–Crippen LogP) is 3.06. The van der Waals surface area contributed by atoms with E-state index in [1.165, 1.54) is 12.8 Å². The van der Waals surface area contributed by atoms with Crippen LogP contribution in [0.25, 0.3) is 0 Å². The quantitative estimate of drug-likeness (QED) is 0.756. The highest BCUT2D eigenvalue weighted by atomic mass is 19.4. The van der Waals surface area contributed by atoms with Crippen LogP contribution in [0, 0.1) is 11.3 Å². The average Bonchev–Trinajstić information content (AvgIpc) is 3.36. The van der Waals surface area contributed by atoms with Crippen molar-refractivity contribution in [2.24, 2.45) is 11.3 Å². The van der Waals surface area contributed by atoms with E-state index >= 15 is 0 Å². The van der Waals surface area contributed by atoms with E-state index in [1.54, 1.807) is 18.6 Å². The zero-order valence-electron chi connectivity index (χ0n) is 15.7. The number of hydrogen-bond acceptors (Lipinski definition) is 5. The number of alkyl halides is 5. The van der Waals surface area contributed by atoms with Crippen LogP contribution in [0.4, 0.5) is 27.8 Å². The first-order chi connectivity index (χ1) is 13.5. The van der Waals surface area contributed by atoms with E-state index in [1.807, 2.05) is 4.90 Å². The van der Waals surface area contributed by atoms with Crippen molar-refractivity contribution in [3.05, 3.63) is 18.6 Å². The lowest BCUT2D eigenvalue weighted by molar-refractivity contribution is -0.192. The van der Waals surface area contributed by atoms with Gasteiger partial charge in [0.2, 0.25) is 0 Å². The lowest BCUT2D eigenvalue weighted by atomic mass is 9.75. The predicted molar refractivity (Wildman–Crippen MR) is 93.7 cm³/mol. The zero-order chi connectivity index (χ0) is 21.3. The van der Waals surface area contributed by atoms with Gasteiger partial charge < -0.3 is 14.9 Å². The summed E-state index contributed by atoms with van der Waals surface area (Å²) in [5, 5.41) is 7.12. The smallest absolute Gasteiger partial charge is 0.475 e. The molecule has 1 atom stereocenters. The van der Waals surface area contributed by atoms with Gasteiger partial charge in [0.05, 0.1) is 11.6 Å². The molecule has 162 valence electrons. The lowest BCUT2D eigenvalue weighted by Gasteiger charge is -2.46. The average molecular weight is 422 g/mol. The Morgan fingerprint density at radius 1 is 1.17 bits per heavy atom. The molecule has 4 rings (SSSR count). The normalized spacial score (nSPS) is 26.9. The number of halogens is 5. The number of likely N-dealkylation sites (tertiary alicyclic amines) is 1. The summed E-state index contributed by atoms with van der Waals surface area (Å²) in [6, 6.07) is 0. The molecule has 0 bridgehead atoms. The number of anilines is 1. The second-order valence-corrected chi connectivity index (χ2v) is 7.95. The molecule has 1 aliphatic carbocycles. The molecule has 3 fully saturated rings. The van der Waals surface area contributed by atoms with E-state index < -0.39 is 23.5 Å². The Hall–Kier alpha value is -2.04. The van der Waals surface area contributed by atoms with E-state index in [2.05, 4.69) is 14.9 Å². The molecule has 1 aromatic rings. The molecule has 29 heavy (non-hydrogen) atoms. The fraction of sp³-hybridized carbons (Fsp3) is 0.722. The maximum Gasteiger partial charge on any atom is 0.490 e. The molecule has 3 heterocycles. The molecule has 1 unspecified atom stereocenters. The fourth-order valence-corrected chi connectivity index (χ4v) is 3.96. The van der Waals surface area contributed by atoms with Gasteiger partial charge in [-0.25, -0.2) is 18.6 Å². The number of rotatable bonds is 3. The molecule has 6 nitrogen and oxygen atoms in total. The highest BCUT2D eigenvalue weighted by Gasteiger charge is 2.59. The van der Waals surface area contributed by atoms with Gasteiger partial charge in [-0.15, -0.1) is 0 Å². The summed E-state index contributed by atoms with van der Waals surface area (Å²) in [4.78, 5) is 21.5. The number of aliphatic carboxylic acids is 1. The Bertz CT molecular complexity index is 714. The Kier molecular flexibility index (Phi) is 5.98. The van der Waals surface area contributed by atoms with Crippen LogP contribution in [-0.4, -0.2) is 70.8 Å². The summed E-state index contributed by atoms with van der Waals surface area (Å²) in [6.45, 7) is 3.10. The minimum absolute atomic E-state index is 0.00592. The third-order valence-electron chi connectivity index (χ3n) is 5.73. The molecule has 11 heteroatoms. The molecule has 2 saturated heterocycles. The highest BCUT2D eigenvalue weighted by Crippen LogP contribution is 2.50. The number of carboxylic acid groups (broad SMARTS) is 1. The van der Waals surface area contributed by atoms with Gasteiger partial charge in [0, 0.05) is 51.5 Å². The first kappa shape index (κ1) is 21.7. The Labute approximate surface area is 164 Å². The van der Waals surface area contributed by atoms with Gasteiger partial charge >= 0.3 is 12.1 Å². The Balaban J connectivity index is 0.000000298. The van der Waals surface area contributed by atoms with Crippen LogP contribution < -0.4 is 4.90 Å². The van der Waals surface area contributed by atoms with Gasteiger partial charge in [0.25, 0.3) is 5.92 Å². The second-order valence-electron chi connectivity index (χ2n) is 7.95. The molecule has 0 amide bonds. The first-order valence-electron chi connectivity index (χ1n) is 9.44. The largest absolute Gasteiger partial charge is 0.490 e. The minimum atomic E-state index is -5.08. The summed E-state index contributed by atoms with van der Waals surface area (Å²) < 4.78 is 61.1. The lowest BCUT2D eigenvalue weighted by Crippen LogP contribution is -2.57. The van der Waals surface area contributed by atoms with Crippen molar-refractivity contribution in [2.45, 2.75) is 37.8 Å². The standard InChI is InChI=1S/C16H22F2N4.C2HF3O2/c17-16(18)4-7-21(10-13-1-2-13)11-15(16)3-8-22(12-15)14-9-19-5-6-20-14;3-2(4,5)1(6)7/h5-6,9,13H,1-4,7-8,10-12H2;(H,6,7). The number of carbonyl (C=O) groups is 1. The van der Waals surface area contributed by atoms with E-state index in [-0.39, 0.29) is 6.42 Å². The molecular formula is C18H23F5N4O2. The monoisotopic (exact) mass is 422 g/mol. The number of nitrogens with zero attached hydrogens (tertiary/aromatic N) is 4. The van der Waals surface area contributed by atoms with Crippen molar-refractivity contribution in [3.63, 3.8) is 0 Å². The highest BCUT2D eigenvalue weighted by molar-refractivity contribution is 5.73. The van der Waals surface area contributed by atoms with Crippen LogP contribution >= 0.6 is 0 Å². The molecule has 1 saturated carbocycles. The van der Waals surface area contributed by atoms with Crippen molar-refractivity contribution in [2.75, 3.05) is 37.6 Å². The van der Waals surface area contributed by atoms with Gasteiger partial charge in [0.1, 0.15) is 5.82 Å². The van der Waals surface area contributed by atoms with Gasteiger partial charge in [-0.3, -0.25) is 4.98 Å². The maximum atomic E-state index is 14.7. The van der Waals surface area contributed by atoms with Gasteiger partial charge in [-0.2, -0.15) is 13.2 Å². The minimum Gasteiger partial charge on any atom is -0.475 e. The maximum absolute atomic E-state index is 14.7. The molecule has 2 aliphatic heterocycles. The number of piperidine rings is 1. The van der Waals surface area contributed by atoms with Crippen LogP contribution in [0.2, 0.25) is 0 Å². The molecular weight excluding hydrogens is 399 g/mol.